The Morgan fingerprint density at radius 3 is 1.44 bits per heavy atom. The van der Waals surface area contributed by atoms with Gasteiger partial charge in [-0.05, 0) is 57.8 Å². The minimum Gasteiger partial charge on any atom is -0.387 e. The third-order valence-electron chi connectivity index (χ3n) is 11.5. The second-order valence-corrected chi connectivity index (χ2v) is 20.3. The molecule has 0 aromatic rings. The number of allylic oxidation sites excluding steroid dienone is 7. The highest BCUT2D eigenvalue weighted by Crippen LogP contribution is 2.43. The Kier molecular flexibility index (Phi) is 43.5. The molecule has 0 aliphatic carbocycles. The van der Waals surface area contributed by atoms with Crippen molar-refractivity contribution in [2.75, 3.05) is 40.9 Å². The maximum atomic E-state index is 12.8. The lowest BCUT2D eigenvalue weighted by atomic mass is 10.0. The Morgan fingerprint density at radius 2 is 0.968 bits per heavy atom. The summed E-state index contributed by atoms with van der Waals surface area (Å²) in [6.07, 6.45) is 58.3. The van der Waals surface area contributed by atoms with Crippen LogP contribution in [0.5, 0.6) is 0 Å². The van der Waals surface area contributed by atoms with E-state index in [9.17, 15) is 19.4 Å². The molecule has 0 saturated heterocycles. The summed E-state index contributed by atoms with van der Waals surface area (Å²) in [6.45, 7) is 4.68. The molecule has 0 aromatic carbocycles. The van der Waals surface area contributed by atoms with E-state index < -0.39 is 20.0 Å². The van der Waals surface area contributed by atoms with Gasteiger partial charge < -0.3 is 19.8 Å². The van der Waals surface area contributed by atoms with Crippen molar-refractivity contribution in [3.63, 3.8) is 0 Å². The molecule has 0 heterocycles. The quantitative estimate of drug-likeness (QED) is 0.0243. The average Bonchev–Trinajstić information content (AvgIpc) is 3.23. The summed E-state index contributed by atoms with van der Waals surface area (Å²) < 4.78 is 23.4. The molecule has 0 rings (SSSR count). The lowest BCUT2D eigenvalue weighted by Crippen LogP contribution is -2.45. The number of carbonyl (C=O) groups excluding carboxylic acids is 1. The zero-order valence-electron chi connectivity index (χ0n) is 41.4. The van der Waals surface area contributed by atoms with Crippen LogP contribution in [0.4, 0.5) is 0 Å². The Labute approximate surface area is 384 Å². The third kappa shape index (κ3) is 46.5. The largest absolute Gasteiger partial charge is 0.472 e. The van der Waals surface area contributed by atoms with Crippen molar-refractivity contribution >= 4 is 13.7 Å². The lowest BCUT2D eigenvalue weighted by molar-refractivity contribution is -0.870. The first-order chi connectivity index (χ1) is 30.0. The Morgan fingerprint density at radius 1 is 0.548 bits per heavy atom. The van der Waals surface area contributed by atoms with E-state index in [1.54, 1.807) is 6.08 Å². The van der Waals surface area contributed by atoms with Crippen LogP contribution in [0.1, 0.15) is 232 Å². The van der Waals surface area contributed by atoms with E-state index in [1.165, 1.54) is 161 Å². The fourth-order valence-corrected chi connectivity index (χ4v) is 8.13. The van der Waals surface area contributed by atoms with Crippen molar-refractivity contribution in [3.8, 4) is 0 Å². The minimum absolute atomic E-state index is 0.0558. The van der Waals surface area contributed by atoms with E-state index in [4.69, 9.17) is 9.05 Å². The first-order valence-corrected chi connectivity index (χ1v) is 27.5. The van der Waals surface area contributed by atoms with Gasteiger partial charge in [-0.15, -0.1) is 0 Å². The van der Waals surface area contributed by atoms with Gasteiger partial charge in [-0.1, -0.05) is 217 Å². The minimum atomic E-state index is -4.34. The number of nitrogens with zero attached hydrogens (tertiary/aromatic N) is 1. The first kappa shape index (κ1) is 60.5. The maximum absolute atomic E-state index is 12.8. The normalized spacial score (nSPS) is 14.5. The van der Waals surface area contributed by atoms with Crippen LogP contribution in [0.2, 0.25) is 0 Å². The number of phosphoric ester groups is 1. The van der Waals surface area contributed by atoms with Gasteiger partial charge in [0.2, 0.25) is 5.91 Å². The molecule has 0 radical (unpaired) electrons. The van der Waals surface area contributed by atoms with E-state index >= 15 is 0 Å². The number of aliphatic hydroxyl groups excluding tert-OH is 1. The van der Waals surface area contributed by atoms with Crippen molar-refractivity contribution in [1.82, 2.24) is 5.32 Å². The van der Waals surface area contributed by atoms with E-state index in [0.29, 0.717) is 17.4 Å². The average molecular weight is 894 g/mol. The summed E-state index contributed by atoms with van der Waals surface area (Å²) in [5.74, 6) is -0.190. The number of phosphoric acid groups is 1. The van der Waals surface area contributed by atoms with E-state index in [1.807, 2.05) is 27.2 Å². The molecule has 1 amide bonds. The predicted molar refractivity (Wildman–Crippen MR) is 267 cm³/mol. The van der Waals surface area contributed by atoms with Crippen molar-refractivity contribution in [3.05, 3.63) is 48.6 Å². The molecule has 3 N–H and O–H groups in total. The molecule has 3 atom stereocenters. The number of nitrogens with one attached hydrogen (secondary N) is 1. The molecule has 3 unspecified atom stereocenters. The van der Waals surface area contributed by atoms with Gasteiger partial charge >= 0.3 is 7.82 Å². The van der Waals surface area contributed by atoms with Gasteiger partial charge in [0.25, 0.3) is 0 Å². The summed E-state index contributed by atoms with van der Waals surface area (Å²) in [4.78, 5) is 23.0. The SMILES string of the molecule is CCC/C=C/CC/C=C/C(O)C(COP(=O)(O)OCC[N+](C)(C)C)NC(=O)CCCCCCCCCCCCCCCCCCCCCCC/C=C\C/C=C\CCCCCCC. The number of rotatable bonds is 47. The Balaban J connectivity index is 3.87. The summed E-state index contributed by atoms with van der Waals surface area (Å²) in [7, 11) is 1.55. The molecule has 0 aliphatic rings. The van der Waals surface area contributed by atoms with Crippen LogP contribution >= 0.6 is 7.82 Å². The van der Waals surface area contributed by atoms with Crippen LogP contribution in [0.25, 0.3) is 0 Å². The Hall–Kier alpha value is -1.54. The first-order valence-electron chi connectivity index (χ1n) is 26.0. The van der Waals surface area contributed by atoms with Crippen molar-refractivity contribution in [1.29, 1.82) is 0 Å². The second kappa shape index (κ2) is 44.7. The van der Waals surface area contributed by atoms with Crippen molar-refractivity contribution in [2.45, 2.75) is 244 Å². The third-order valence-corrected chi connectivity index (χ3v) is 12.5. The van der Waals surface area contributed by atoms with Crippen LogP contribution in [-0.4, -0.2) is 73.4 Å². The van der Waals surface area contributed by atoms with Crippen LogP contribution < -0.4 is 5.32 Å². The topological polar surface area (TPSA) is 105 Å². The second-order valence-electron chi connectivity index (χ2n) is 18.9. The number of carbonyl (C=O) groups is 1. The van der Waals surface area contributed by atoms with Crippen molar-refractivity contribution in [2.24, 2.45) is 0 Å². The standard InChI is InChI=1S/C53H101N2O6P/c1-6-8-10-12-14-15-16-17-18-19-20-21-22-23-24-25-26-27-28-29-30-31-32-33-34-35-36-37-38-39-41-43-45-47-53(57)54-51(52(56)46-44-42-40-13-11-9-7-2)50-61-62(58,59)60-49-48-55(3,4)5/h11,13,16-17,19-20,44,46,51-52,56H,6-10,12,14-15,18,21-43,45,47-50H2,1-5H3,(H-,54,57,58,59)/p+1/b13-11+,17-16-,20-19-,46-44+. The molecular formula is C53H102N2O6P+. The predicted octanol–water partition coefficient (Wildman–Crippen LogP) is 15.2. The number of likely N-dealkylation sites (N-methyl/N-ethyl adjacent to an activating group) is 1. The van der Waals surface area contributed by atoms with Crippen LogP contribution in [0.15, 0.2) is 48.6 Å². The molecule has 0 fully saturated rings. The highest BCUT2D eigenvalue weighted by Gasteiger charge is 2.27. The summed E-state index contributed by atoms with van der Waals surface area (Å²) >= 11 is 0. The lowest BCUT2D eigenvalue weighted by Gasteiger charge is -2.25. The van der Waals surface area contributed by atoms with Gasteiger partial charge in [-0.25, -0.2) is 4.57 Å². The van der Waals surface area contributed by atoms with E-state index in [-0.39, 0.29) is 19.1 Å². The van der Waals surface area contributed by atoms with E-state index in [0.717, 1.165) is 51.4 Å². The fraction of sp³-hybridized carbons (Fsp3) is 0.830. The smallest absolute Gasteiger partial charge is 0.387 e. The van der Waals surface area contributed by atoms with Gasteiger partial charge in [0.05, 0.1) is 39.9 Å². The number of amides is 1. The van der Waals surface area contributed by atoms with Gasteiger partial charge in [0, 0.05) is 6.42 Å². The molecule has 0 bridgehead atoms. The molecule has 0 aliphatic heterocycles. The highest BCUT2D eigenvalue weighted by atomic mass is 31.2. The van der Waals surface area contributed by atoms with Gasteiger partial charge in [-0.2, -0.15) is 0 Å². The molecule has 0 saturated carbocycles. The highest BCUT2D eigenvalue weighted by molar-refractivity contribution is 7.47. The van der Waals surface area contributed by atoms with Gasteiger partial charge in [0.15, 0.2) is 0 Å². The number of unbranched alkanes of at least 4 members (excludes halogenated alkanes) is 28. The van der Waals surface area contributed by atoms with Crippen molar-refractivity contribution < 1.29 is 32.9 Å². The zero-order valence-corrected chi connectivity index (χ0v) is 42.3. The van der Waals surface area contributed by atoms with E-state index in [2.05, 4.69) is 55.6 Å². The molecule has 9 heteroatoms. The fourth-order valence-electron chi connectivity index (χ4n) is 7.39. The molecule has 8 nitrogen and oxygen atoms in total. The monoisotopic (exact) mass is 894 g/mol. The molecule has 0 aromatic heterocycles. The Bertz CT molecular complexity index is 1150. The summed E-state index contributed by atoms with van der Waals surface area (Å²) in [5, 5.41) is 13.7. The van der Waals surface area contributed by atoms with Crippen LogP contribution in [0.3, 0.4) is 0 Å². The summed E-state index contributed by atoms with van der Waals surface area (Å²) in [5.41, 5.74) is 0. The number of hydrogen-bond donors (Lipinski definition) is 3. The number of aliphatic hydroxyl groups is 1. The molecular weight excluding hydrogens is 792 g/mol. The number of hydrogen-bond acceptors (Lipinski definition) is 5. The van der Waals surface area contributed by atoms with Gasteiger partial charge in [0.1, 0.15) is 13.2 Å². The number of quaternary nitrogens is 1. The summed E-state index contributed by atoms with van der Waals surface area (Å²) in [6, 6.07) is -0.859. The van der Waals surface area contributed by atoms with Crippen LogP contribution in [-0.2, 0) is 18.4 Å². The van der Waals surface area contributed by atoms with Gasteiger partial charge in [-0.3, -0.25) is 13.8 Å². The maximum Gasteiger partial charge on any atom is 0.472 e. The molecule has 62 heavy (non-hydrogen) atoms. The molecule has 0 spiro atoms. The van der Waals surface area contributed by atoms with Crippen LogP contribution in [0, 0.1) is 0 Å². The molecule has 364 valence electrons. The zero-order chi connectivity index (χ0) is 45.7.